The third-order valence-corrected chi connectivity index (χ3v) is 12.3. The molecule has 1 aliphatic heterocycles. The van der Waals surface area contributed by atoms with Gasteiger partial charge in [0.2, 0.25) is 5.91 Å². The first-order valence-corrected chi connectivity index (χ1v) is 24.5. The first-order chi connectivity index (χ1) is 35.3. The number of fused-ring (bicyclic) bond motifs is 4. The van der Waals surface area contributed by atoms with E-state index in [1.807, 2.05) is 49.3 Å². The summed E-state index contributed by atoms with van der Waals surface area (Å²) in [6.45, 7) is 6.68. The lowest BCUT2D eigenvalue weighted by atomic mass is 9.95. The number of likely N-dealkylation sites (N-methyl/N-ethyl adjacent to an activating group) is 1. The van der Waals surface area contributed by atoms with Gasteiger partial charge in [0, 0.05) is 68.1 Å². The fourth-order valence-corrected chi connectivity index (χ4v) is 8.55. The number of primary amides is 1. The molecular formula is C54H61ClN8O11. The second-order valence-electron chi connectivity index (χ2n) is 18.9. The Morgan fingerprint density at radius 1 is 0.851 bits per heavy atom. The van der Waals surface area contributed by atoms with E-state index in [4.69, 9.17) is 40.7 Å². The number of alkyl halides is 1. The van der Waals surface area contributed by atoms with Crippen LogP contribution in [0.1, 0.15) is 61.2 Å². The molecule has 0 bridgehead atoms. The number of nitrogens with zero attached hydrogens (tertiary/aromatic N) is 4. The van der Waals surface area contributed by atoms with Crippen molar-refractivity contribution in [1.82, 2.24) is 15.5 Å². The molecule has 7 amide bonds. The van der Waals surface area contributed by atoms with Crippen molar-refractivity contribution in [3.8, 4) is 11.5 Å². The van der Waals surface area contributed by atoms with Crippen molar-refractivity contribution in [2.24, 2.45) is 5.73 Å². The van der Waals surface area contributed by atoms with Crippen LogP contribution < -0.4 is 45.9 Å². The number of furan rings is 1. The summed E-state index contributed by atoms with van der Waals surface area (Å²) in [7, 11) is 6.97. The molecule has 0 spiro atoms. The summed E-state index contributed by atoms with van der Waals surface area (Å²) < 4.78 is 29.2. The van der Waals surface area contributed by atoms with E-state index in [1.165, 1.54) is 23.9 Å². The maximum Gasteiger partial charge on any atom is 0.419 e. The number of hydrogen-bond donors (Lipinski definition) is 4. The first-order valence-electron chi connectivity index (χ1n) is 23.9. The molecule has 7 rings (SSSR count). The Hall–Kier alpha value is -8.03. The normalized spacial score (nSPS) is 13.5. The topological polar surface area (TPSA) is 228 Å². The van der Waals surface area contributed by atoms with Gasteiger partial charge in [-0.2, -0.15) is 0 Å². The van der Waals surface area contributed by atoms with Crippen LogP contribution in [0.2, 0.25) is 0 Å². The highest BCUT2D eigenvalue weighted by Crippen LogP contribution is 2.46. The molecule has 20 heteroatoms. The van der Waals surface area contributed by atoms with E-state index in [1.54, 1.807) is 98.5 Å². The van der Waals surface area contributed by atoms with Crippen molar-refractivity contribution >= 4 is 92.2 Å². The quantitative estimate of drug-likeness (QED) is 0.0467. The van der Waals surface area contributed by atoms with E-state index in [0.29, 0.717) is 63.4 Å². The molecular weight excluding hydrogens is 972 g/mol. The van der Waals surface area contributed by atoms with Gasteiger partial charge in [0.15, 0.2) is 5.76 Å². The second-order valence-corrected chi connectivity index (χ2v) is 19.2. The number of carbonyl (C=O) groups excluding carboxylic acids is 6. The number of halogens is 1. The van der Waals surface area contributed by atoms with Crippen LogP contribution in [-0.2, 0) is 20.9 Å². The fourth-order valence-electron chi connectivity index (χ4n) is 8.29. The van der Waals surface area contributed by atoms with Crippen molar-refractivity contribution in [3.05, 3.63) is 120 Å². The van der Waals surface area contributed by atoms with Crippen LogP contribution in [0.3, 0.4) is 0 Å². The lowest BCUT2D eigenvalue weighted by Gasteiger charge is -2.25. The van der Waals surface area contributed by atoms with E-state index in [-0.39, 0.29) is 55.3 Å². The van der Waals surface area contributed by atoms with Crippen molar-refractivity contribution in [2.45, 2.75) is 57.8 Å². The molecule has 6 aromatic rings. The standard InChI is InChI=1S/C54H61ClN8O11/c1-54(2,3)74-51(67)59-40(15-12-24-57-50(56)66)48(64)58-36-20-18-33(19-21-36)32-71-52(68)61(6)41-16-10-11-17-42(41)62(7)53(69)73-45-29-43-47(39-14-9-8-13-38(39)45)35(30-55)31-63(43)49(65)46-28-34-27-37(22-23-44(34)72-46)70-26-25-60(4)5/h8-11,13-14,16-23,27-29,35,40H,12,15,24-26,30-32H2,1-7H3,(H,58,64)(H,59,67)(H3,56,57,66)/t35-,40+/m1/s1. The molecule has 1 aromatic heterocycles. The zero-order valence-electron chi connectivity index (χ0n) is 42.4. The number of amides is 7. The van der Waals surface area contributed by atoms with Crippen LogP contribution in [-0.4, -0.2) is 113 Å². The van der Waals surface area contributed by atoms with Gasteiger partial charge >= 0.3 is 24.3 Å². The highest BCUT2D eigenvalue weighted by atomic mass is 35.5. The molecule has 0 fully saturated rings. The Morgan fingerprint density at radius 2 is 1.53 bits per heavy atom. The average molecular weight is 1030 g/mol. The van der Waals surface area contributed by atoms with Crippen LogP contribution in [0.4, 0.5) is 41.9 Å². The zero-order valence-corrected chi connectivity index (χ0v) is 43.1. The number of nitrogens with two attached hydrogens (primary N) is 1. The Kier molecular flexibility index (Phi) is 17.2. The monoisotopic (exact) mass is 1030 g/mol. The number of para-hydroxylation sites is 2. The van der Waals surface area contributed by atoms with Crippen LogP contribution >= 0.6 is 11.6 Å². The minimum Gasteiger partial charge on any atom is -0.492 e. The van der Waals surface area contributed by atoms with Crippen molar-refractivity contribution in [3.63, 3.8) is 0 Å². The fraction of sp³-hybridized carbons (Fsp3) is 0.333. The van der Waals surface area contributed by atoms with Gasteiger partial charge in [0.05, 0.1) is 17.1 Å². The minimum absolute atomic E-state index is 0.128. The van der Waals surface area contributed by atoms with Crippen LogP contribution in [0, 0.1) is 0 Å². The summed E-state index contributed by atoms with van der Waals surface area (Å²) in [5.41, 5.74) is 7.96. The Balaban J connectivity index is 1.02. The maximum absolute atomic E-state index is 14.3. The maximum atomic E-state index is 14.3. The average Bonchev–Trinajstić information content (AvgIpc) is 3.97. The number of ether oxygens (including phenoxy) is 4. The predicted molar refractivity (Wildman–Crippen MR) is 284 cm³/mol. The molecule has 2 atom stereocenters. The third kappa shape index (κ3) is 13.3. The molecule has 390 valence electrons. The largest absolute Gasteiger partial charge is 0.492 e. The minimum atomic E-state index is -0.991. The van der Waals surface area contributed by atoms with Crippen LogP contribution in [0.5, 0.6) is 11.5 Å². The molecule has 74 heavy (non-hydrogen) atoms. The molecule has 1 aliphatic rings. The summed E-state index contributed by atoms with van der Waals surface area (Å²) in [6, 6.07) is 27.9. The zero-order chi connectivity index (χ0) is 53.3. The molecule has 5 N–H and O–H groups in total. The van der Waals surface area contributed by atoms with E-state index >= 15 is 0 Å². The third-order valence-electron chi connectivity index (χ3n) is 12.0. The number of rotatable bonds is 18. The van der Waals surface area contributed by atoms with E-state index in [0.717, 1.165) is 17.5 Å². The van der Waals surface area contributed by atoms with Gasteiger partial charge in [0.1, 0.15) is 41.9 Å². The van der Waals surface area contributed by atoms with E-state index < -0.39 is 41.9 Å². The Morgan fingerprint density at radius 3 is 2.19 bits per heavy atom. The molecule has 19 nitrogen and oxygen atoms in total. The smallest absolute Gasteiger partial charge is 0.419 e. The van der Waals surface area contributed by atoms with E-state index in [2.05, 4.69) is 16.0 Å². The summed E-state index contributed by atoms with van der Waals surface area (Å²) >= 11 is 6.57. The SMILES string of the molecule is CN(C)CCOc1ccc2oc(C(=O)N3C[C@@H](CCl)c4c3cc(OC(=O)N(C)c3ccccc3N(C)C(=O)OCc3ccc(NC(=O)[C@H](CCCNC(N)=O)NC(=O)OC(C)(C)C)cc3)c3ccccc43)cc2c1. The summed E-state index contributed by atoms with van der Waals surface area (Å²) in [5.74, 6) is 0.0939. The van der Waals surface area contributed by atoms with Crippen LogP contribution in [0.25, 0.3) is 21.7 Å². The lowest BCUT2D eigenvalue weighted by molar-refractivity contribution is -0.118. The number of benzene rings is 5. The van der Waals surface area contributed by atoms with Gasteiger partial charge in [-0.25, -0.2) is 19.2 Å². The molecule has 0 unspecified atom stereocenters. The number of urea groups is 1. The molecule has 0 saturated carbocycles. The molecule has 5 aromatic carbocycles. The van der Waals surface area contributed by atoms with Gasteiger partial charge in [-0.3, -0.25) is 19.4 Å². The van der Waals surface area contributed by atoms with E-state index in [9.17, 15) is 28.8 Å². The molecule has 0 saturated heterocycles. The van der Waals surface area contributed by atoms with Gasteiger partial charge in [-0.15, -0.1) is 11.6 Å². The highest BCUT2D eigenvalue weighted by Gasteiger charge is 2.37. The number of hydrogen-bond acceptors (Lipinski definition) is 12. The number of nitrogens with one attached hydrogen (secondary N) is 3. The lowest BCUT2D eigenvalue weighted by Crippen LogP contribution is -2.46. The van der Waals surface area contributed by atoms with Gasteiger partial charge in [-0.05, 0) is 113 Å². The summed E-state index contributed by atoms with van der Waals surface area (Å²) in [4.78, 5) is 85.2. The van der Waals surface area contributed by atoms with Crippen LogP contribution in [0.15, 0.2) is 108 Å². The Labute approximate surface area is 433 Å². The number of carbonyl (C=O) groups is 6. The van der Waals surface area contributed by atoms with Crippen molar-refractivity contribution in [2.75, 3.05) is 80.3 Å². The van der Waals surface area contributed by atoms with Gasteiger partial charge in [-0.1, -0.05) is 48.5 Å². The van der Waals surface area contributed by atoms with Gasteiger partial charge < -0.3 is 54.8 Å². The second kappa shape index (κ2) is 23.7. The number of alkyl carbamates (subject to hydrolysis) is 1. The summed E-state index contributed by atoms with van der Waals surface area (Å²) in [5, 5.41) is 9.94. The molecule has 0 radical (unpaired) electrons. The van der Waals surface area contributed by atoms with Gasteiger partial charge in [0.25, 0.3) is 5.91 Å². The first kappa shape index (κ1) is 53.8. The highest BCUT2D eigenvalue weighted by molar-refractivity contribution is 6.19. The van der Waals surface area contributed by atoms with Crippen molar-refractivity contribution in [1.29, 1.82) is 0 Å². The molecule has 2 heterocycles. The molecule has 0 aliphatic carbocycles. The predicted octanol–water partition coefficient (Wildman–Crippen LogP) is 9.20. The summed E-state index contributed by atoms with van der Waals surface area (Å²) in [6.07, 6.45) is -1.75. The number of anilines is 4. The van der Waals surface area contributed by atoms with Crippen molar-refractivity contribution < 1.29 is 52.1 Å². The Bertz CT molecular complexity index is 3030.